The number of hydrogen-bond acceptors (Lipinski definition) is 5. The molecule has 0 amide bonds. The lowest BCUT2D eigenvalue weighted by Crippen LogP contribution is -1.91. The quantitative estimate of drug-likeness (QED) is 0.266. The number of aldehydes is 1. The van der Waals surface area contributed by atoms with E-state index in [0.717, 1.165) is 6.08 Å². The summed E-state index contributed by atoms with van der Waals surface area (Å²) in [6.45, 7) is 0. The van der Waals surface area contributed by atoms with E-state index in [4.69, 9.17) is 30.0 Å². The first-order valence-electron chi connectivity index (χ1n) is 4.48. The number of carbonyl (C=O) groups is 3. The van der Waals surface area contributed by atoms with Crippen molar-refractivity contribution in [2.45, 2.75) is 0 Å². The molecule has 18 heavy (non-hydrogen) atoms. The lowest BCUT2D eigenvalue weighted by molar-refractivity contribution is -0.143. The second-order valence-electron chi connectivity index (χ2n) is 2.88. The van der Waals surface area contributed by atoms with Gasteiger partial charge in [0.05, 0.1) is 0 Å². The molecule has 0 unspecified atom stereocenters. The van der Waals surface area contributed by atoms with Gasteiger partial charge in [0.2, 0.25) is 6.29 Å². The zero-order valence-electron chi connectivity index (χ0n) is 8.98. The van der Waals surface area contributed by atoms with Crippen molar-refractivity contribution < 1.29 is 34.8 Å². The summed E-state index contributed by atoms with van der Waals surface area (Å²) >= 11 is 0. The maximum absolute atomic E-state index is 10.1. The largest absolute Gasteiger partial charge is 0.504 e. The van der Waals surface area contributed by atoms with Crippen LogP contribution in [0.3, 0.4) is 0 Å². The third-order valence-corrected chi connectivity index (χ3v) is 1.52. The molecular formula is C11H10O7. The van der Waals surface area contributed by atoms with Crippen LogP contribution in [0.2, 0.25) is 0 Å². The number of benzene rings is 1. The van der Waals surface area contributed by atoms with E-state index in [2.05, 4.69) is 0 Å². The van der Waals surface area contributed by atoms with E-state index in [1.54, 1.807) is 0 Å². The van der Waals surface area contributed by atoms with Gasteiger partial charge in [-0.1, -0.05) is 6.07 Å². The van der Waals surface area contributed by atoms with Crippen LogP contribution in [0.15, 0.2) is 24.3 Å². The Kier molecular flexibility index (Phi) is 6.27. The average molecular weight is 254 g/mol. The van der Waals surface area contributed by atoms with Crippen LogP contribution in [0.4, 0.5) is 0 Å². The van der Waals surface area contributed by atoms with Gasteiger partial charge >= 0.3 is 11.9 Å². The molecule has 0 saturated heterocycles. The maximum atomic E-state index is 10.1. The van der Waals surface area contributed by atoms with Crippen molar-refractivity contribution in [1.29, 1.82) is 0 Å². The summed E-state index contributed by atoms with van der Waals surface area (Å²) in [4.78, 5) is 28.0. The summed E-state index contributed by atoms with van der Waals surface area (Å²) in [5.74, 6) is -2.99. The molecule has 0 radical (unpaired) electrons. The van der Waals surface area contributed by atoms with Crippen LogP contribution in [0.25, 0.3) is 6.08 Å². The predicted molar refractivity (Wildman–Crippen MR) is 60.1 cm³/mol. The minimum absolute atomic E-state index is 0.167. The first kappa shape index (κ1) is 15.2. The average Bonchev–Trinajstić information content (AvgIpc) is 2.31. The molecule has 0 aliphatic rings. The number of aromatic hydroxyl groups is 2. The van der Waals surface area contributed by atoms with Crippen molar-refractivity contribution in [3.63, 3.8) is 0 Å². The number of phenols is 2. The molecule has 0 aliphatic carbocycles. The van der Waals surface area contributed by atoms with Gasteiger partial charge in [-0.15, -0.1) is 0 Å². The number of hydrogen-bond donors (Lipinski definition) is 4. The summed E-state index contributed by atoms with van der Waals surface area (Å²) in [5, 5.41) is 33.6. The molecule has 0 spiro atoms. The van der Waals surface area contributed by atoms with Crippen LogP contribution in [-0.2, 0) is 14.4 Å². The molecule has 1 aromatic carbocycles. The third kappa shape index (κ3) is 6.62. The Labute approximate surface area is 101 Å². The minimum Gasteiger partial charge on any atom is -0.504 e. The Hall–Kier alpha value is -2.83. The standard InChI is InChI=1S/C9H8O4.C2H2O3/c10-7-3-1-6(5-8(7)11)2-4-9(12)13;3-1-2(4)5/h1-5,10-11H,(H,12,13);1H,(H,4,5). The second kappa shape index (κ2) is 7.44. The first-order valence-corrected chi connectivity index (χ1v) is 4.48. The number of carbonyl (C=O) groups excluding carboxylic acids is 1. The number of rotatable bonds is 3. The number of phenolic OH excluding ortho intramolecular Hbond substituents is 2. The van der Waals surface area contributed by atoms with Crippen LogP contribution in [0, 0.1) is 0 Å². The van der Waals surface area contributed by atoms with Gasteiger partial charge in [-0.3, -0.25) is 4.79 Å². The number of aliphatic carboxylic acids is 2. The Morgan fingerprint density at radius 3 is 1.94 bits per heavy atom. The Balaban J connectivity index is 0.000000494. The van der Waals surface area contributed by atoms with Crippen molar-refractivity contribution in [3.8, 4) is 11.5 Å². The van der Waals surface area contributed by atoms with Crippen LogP contribution in [0.5, 0.6) is 11.5 Å². The van der Waals surface area contributed by atoms with E-state index in [1.807, 2.05) is 0 Å². The van der Waals surface area contributed by atoms with Gasteiger partial charge in [-0.05, 0) is 23.8 Å². The van der Waals surface area contributed by atoms with E-state index in [0.29, 0.717) is 5.56 Å². The molecule has 0 aliphatic heterocycles. The summed E-state index contributed by atoms with van der Waals surface area (Å²) in [7, 11) is 0. The zero-order valence-corrected chi connectivity index (χ0v) is 8.98. The molecule has 0 heterocycles. The lowest BCUT2D eigenvalue weighted by Gasteiger charge is -1.97. The van der Waals surface area contributed by atoms with Gasteiger partial charge in [-0.25, -0.2) is 9.59 Å². The maximum Gasteiger partial charge on any atom is 0.368 e. The molecule has 0 bridgehead atoms. The number of carboxylic acids is 2. The van der Waals surface area contributed by atoms with Gasteiger partial charge < -0.3 is 20.4 Å². The first-order chi connectivity index (χ1) is 8.36. The topological polar surface area (TPSA) is 132 Å². The van der Waals surface area contributed by atoms with Gasteiger partial charge in [0, 0.05) is 6.08 Å². The highest BCUT2D eigenvalue weighted by molar-refractivity contribution is 6.19. The summed E-state index contributed by atoms with van der Waals surface area (Å²) in [5.41, 5.74) is 0.512. The molecule has 1 aromatic rings. The van der Waals surface area contributed by atoms with Gasteiger partial charge in [0.25, 0.3) is 0 Å². The highest BCUT2D eigenvalue weighted by atomic mass is 16.4. The number of carboxylic acid groups (broad SMARTS) is 2. The molecule has 0 fully saturated rings. The van der Waals surface area contributed by atoms with Gasteiger partial charge in [0.1, 0.15) is 0 Å². The normalized spacial score (nSPS) is 9.33. The van der Waals surface area contributed by atoms with Crippen LogP contribution < -0.4 is 0 Å². The van der Waals surface area contributed by atoms with E-state index in [1.165, 1.54) is 24.3 Å². The molecule has 0 saturated carbocycles. The summed E-state index contributed by atoms with van der Waals surface area (Å²) in [6.07, 6.45) is 2.10. The molecule has 7 heteroatoms. The van der Waals surface area contributed by atoms with Crippen molar-refractivity contribution in [2.24, 2.45) is 0 Å². The smallest absolute Gasteiger partial charge is 0.368 e. The Bertz CT molecular complexity index is 476. The molecule has 0 aromatic heterocycles. The van der Waals surface area contributed by atoms with Crippen molar-refractivity contribution in [2.75, 3.05) is 0 Å². The molecule has 1 rings (SSSR count). The van der Waals surface area contributed by atoms with Gasteiger partial charge in [0.15, 0.2) is 11.5 Å². The summed E-state index contributed by atoms with van der Waals surface area (Å²) in [6, 6.07) is 4.06. The minimum atomic E-state index is -1.43. The monoisotopic (exact) mass is 254 g/mol. The Morgan fingerprint density at radius 1 is 1.00 bits per heavy atom. The molecule has 0 atom stereocenters. The fraction of sp³-hybridized carbons (Fsp3) is 0. The fourth-order valence-corrected chi connectivity index (χ4v) is 0.812. The SMILES string of the molecule is O=C(O)C=Cc1ccc(O)c(O)c1.O=CC(=O)O. The van der Waals surface area contributed by atoms with Crippen molar-refractivity contribution in [1.82, 2.24) is 0 Å². The molecule has 4 N–H and O–H groups in total. The highest BCUT2D eigenvalue weighted by Crippen LogP contribution is 2.25. The zero-order chi connectivity index (χ0) is 14.1. The van der Waals surface area contributed by atoms with Crippen LogP contribution in [0.1, 0.15) is 5.56 Å². The molecular weight excluding hydrogens is 244 g/mol. The van der Waals surface area contributed by atoms with E-state index >= 15 is 0 Å². The Morgan fingerprint density at radius 2 is 1.56 bits per heavy atom. The second-order valence-corrected chi connectivity index (χ2v) is 2.88. The third-order valence-electron chi connectivity index (χ3n) is 1.52. The molecule has 96 valence electrons. The highest BCUT2D eigenvalue weighted by Gasteiger charge is 1.97. The van der Waals surface area contributed by atoms with E-state index in [-0.39, 0.29) is 17.8 Å². The van der Waals surface area contributed by atoms with Crippen molar-refractivity contribution >= 4 is 24.3 Å². The fourth-order valence-electron chi connectivity index (χ4n) is 0.812. The molecule has 7 nitrogen and oxygen atoms in total. The van der Waals surface area contributed by atoms with Crippen LogP contribution >= 0.6 is 0 Å². The van der Waals surface area contributed by atoms with Crippen molar-refractivity contribution in [3.05, 3.63) is 29.8 Å². The van der Waals surface area contributed by atoms with Gasteiger partial charge in [-0.2, -0.15) is 0 Å². The summed E-state index contributed by atoms with van der Waals surface area (Å²) < 4.78 is 0. The van der Waals surface area contributed by atoms with Crippen LogP contribution in [-0.4, -0.2) is 38.7 Å². The predicted octanol–water partition coefficient (Wildman–Crippen LogP) is 0.465. The lowest BCUT2D eigenvalue weighted by atomic mass is 10.2. The van der Waals surface area contributed by atoms with E-state index in [9.17, 15) is 4.79 Å². The van der Waals surface area contributed by atoms with E-state index < -0.39 is 11.9 Å².